The van der Waals surface area contributed by atoms with E-state index in [-0.39, 0.29) is 24.1 Å². The molecule has 1 fully saturated rings. The van der Waals surface area contributed by atoms with Crippen LogP contribution in [-0.2, 0) is 12.4 Å². The van der Waals surface area contributed by atoms with Gasteiger partial charge >= 0.3 is 12.4 Å². The van der Waals surface area contributed by atoms with Crippen LogP contribution in [0.5, 0.6) is 0 Å². The van der Waals surface area contributed by atoms with E-state index in [2.05, 4.69) is 4.98 Å². The van der Waals surface area contributed by atoms with Gasteiger partial charge in [-0.1, -0.05) is 12.1 Å². The molecule has 2 N–H and O–H groups in total. The number of β-amino-alcohol motifs (C(OH)–C–C–N with tert-alkyl or cyclic N) is 2. The van der Waals surface area contributed by atoms with Gasteiger partial charge < -0.3 is 10.2 Å². The van der Waals surface area contributed by atoms with Crippen LogP contribution in [0.15, 0.2) is 24.3 Å². The normalized spacial score (nSPS) is 18.1. The van der Waals surface area contributed by atoms with Crippen LogP contribution in [0.4, 0.5) is 26.3 Å². The minimum absolute atomic E-state index is 0.00733. The number of fused-ring (bicyclic) bond motifs is 1. The van der Waals surface area contributed by atoms with Gasteiger partial charge in [0, 0.05) is 44.7 Å². The topological polar surface area (TPSA) is 59.8 Å². The van der Waals surface area contributed by atoms with E-state index in [0.717, 1.165) is 6.07 Å². The van der Waals surface area contributed by atoms with E-state index in [1.54, 1.807) is 0 Å². The Balaban J connectivity index is 1.96. The van der Waals surface area contributed by atoms with Gasteiger partial charge in [0.1, 0.15) is 5.69 Å². The molecular weight excluding hydrogens is 416 g/mol. The minimum atomic E-state index is -4.96. The third-order valence-corrected chi connectivity index (χ3v) is 5.14. The molecule has 1 saturated heterocycles. The number of rotatable bonds is 5. The number of aliphatic hydroxyl groups is 2. The lowest BCUT2D eigenvalue weighted by Gasteiger charge is -2.35. The monoisotopic (exact) mass is 437 g/mol. The molecule has 0 amide bonds. The lowest BCUT2D eigenvalue weighted by Crippen LogP contribution is -2.48. The summed E-state index contributed by atoms with van der Waals surface area (Å²) in [4.78, 5) is 7.06. The van der Waals surface area contributed by atoms with E-state index in [1.807, 2.05) is 9.80 Å². The van der Waals surface area contributed by atoms with Gasteiger partial charge in [0.2, 0.25) is 0 Å². The van der Waals surface area contributed by atoms with Crippen molar-refractivity contribution < 1.29 is 36.6 Å². The second-order valence-electron chi connectivity index (χ2n) is 7.18. The van der Waals surface area contributed by atoms with Crippen molar-refractivity contribution in [1.29, 1.82) is 0 Å². The summed E-state index contributed by atoms with van der Waals surface area (Å²) in [6.45, 7) is 2.72. The summed E-state index contributed by atoms with van der Waals surface area (Å²) in [5.74, 6) is 0. The molecule has 0 aliphatic carbocycles. The van der Waals surface area contributed by atoms with Crippen LogP contribution >= 0.6 is 0 Å². The molecular formula is C19H21F6N3O2. The lowest BCUT2D eigenvalue weighted by atomic mass is 9.99. The van der Waals surface area contributed by atoms with E-state index < -0.39 is 35.2 Å². The van der Waals surface area contributed by atoms with Gasteiger partial charge in [-0.05, 0) is 17.7 Å². The summed E-state index contributed by atoms with van der Waals surface area (Å²) < 4.78 is 79.9. The second kappa shape index (κ2) is 8.66. The van der Waals surface area contributed by atoms with Crippen molar-refractivity contribution in [3.8, 4) is 0 Å². The Morgan fingerprint density at radius 1 is 0.967 bits per heavy atom. The molecule has 1 aromatic heterocycles. The highest BCUT2D eigenvalue weighted by molar-refractivity contribution is 5.86. The van der Waals surface area contributed by atoms with Crippen molar-refractivity contribution in [2.75, 3.05) is 45.9 Å². The Morgan fingerprint density at radius 3 is 2.17 bits per heavy atom. The SMILES string of the molecule is OCCN1CCN(C[C@H](O)c2cc(C(F)(F)F)nc3c(C(F)(F)F)cccc23)CC1. The lowest BCUT2D eigenvalue weighted by molar-refractivity contribution is -0.142. The number of nitrogens with zero attached hydrogens (tertiary/aromatic N) is 3. The number of benzene rings is 1. The summed E-state index contributed by atoms with van der Waals surface area (Å²) >= 11 is 0. The van der Waals surface area contributed by atoms with E-state index in [4.69, 9.17) is 5.11 Å². The highest BCUT2D eigenvalue weighted by Crippen LogP contribution is 2.39. The fraction of sp³-hybridized carbons (Fsp3) is 0.526. The Morgan fingerprint density at radius 2 is 1.60 bits per heavy atom. The van der Waals surface area contributed by atoms with Gasteiger partial charge in [0.15, 0.2) is 0 Å². The number of aliphatic hydroxyl groups excluding tert-OH is 2. The molecule has 1 atom stereocenters. The van der Waals surface area contributed by atoms with Gasteiger partial charge in [0.05, 0.1) is 23.8 Å². The summed E-state index contributed by atoms with van der Waals surface area (Å²) in [5, 5.41) is 19.5. The van der Waals surface area contributed by atoms with Crippen molar-refractivity contribution in [3.63, 3.8) is 0 Å². The van der Waals surface area contributed by atoms with Crippen LogP contribution in [0, 0.1) is 0 Å². The van der Waals surface area contributed by atoms with E-state index in [1.165, 1.54) is 6.07 Å². The predicted molar refractivity (Wildman–Crippen MR) is 96.7 cm³/mol. The van der Waals surface area contributed by atoms with Crippen molar-refractivity contribution in [2.24, 2.45) is 0 Å². The molecule has 0 bridgehead atoms. The zero-order valence-electron chi connectivity index (χ0n) is 15.8. The van der Waals surface area contributed by atoms with Gasteiger partial charge in [-0.2, -0.15) is 26.3 Å². The average molecular weight is 437 g/mol. The zero-order valence-corrected chi connectivity index (χ0v) is 15.8. The summed E-state index contributed by atoms with van der Waals surface area (Å²) in [5.41, 5.74) is -3.83. The van der Waals surface area contributed by atoms with E-state index >= 15 is 0 Å². The molecule has 2 aromatic rings. The molecule has 1 aliphatic heterocycles. The first-order valence-corrected chi connectivity index (χ1v) is 9.32. The summed E-state index contributed by atoms with van der Waals surface area (Å²) in [6, 6.07) is 3.61. The molecule has 1 aliphatic rings. The maximum Gasteiger partial charge on any atom is 0.433 e. The number of hydrogen-bond acceptors (Lipinski definition) is 5. The average Bonchev–Trinajstić information content (AvgIpc) is 2.66. The quantitative estimate of drug-likeness (QED) is 0.705. The van der Waals surface area contributed by atoms with E-state index in [0.29, 0.717) is 44.9 Å². The van der Waals surface area contributed by atoms with Gasteiger partial charge in [-0.3, -0.25) is 9.80 Å². The highest BCUT2D eigenvalue weighted by Gasteiger charge is 2.38. The van der Waals surface area contributed by atoms with Gasteiger partial charge in [-0.15, -0.1) is 0 Å². The molecule has 2 heterocycles. The zero-order chi connectivity index (χ0) is 22.1. The Kier molecular flexibility index (Phi) is 6.56. The second-order valence-corrected chi connectivity index (χ2v) is 7.18. The standard InChI is InChI=1S/C19H21F6N3O2/c20-18(21,22)14-3-1-2-12-13(10-16(19(23,24)25)26-17(12)14)15(30)11-28-6-4-27(5-7-28)8-9-29/h1-3,10,15,29-30H,4-9,11H2/t15-/m0/s1. The number of para-hydroxylation sites is 1. The van der Waals surface area contributed by atoms with Crippen LogP contribution in [-0.4, -0.2) is 70.9 Å². The molecule has 5 nitrogen and oxygen atoms in total. The smallest absolute Gasteiger partial charge is 0.395 e. The number of hydrogen-bond donors (Lipinski definition) is 2. The summed E-state index contributed by atoms with van der Waals surface area (Å²) in [7, 11) is 0. The largest absolute Gasteiger partial charge is 0.433 e. The number of pyridine rings is 1. The molecule has 0 unspecified atom stereocenters. The molecule has 0 spiro atoms. The first kappa shape index (κ1) is 22.7. The van der Waals surface area contributed by atoms with Crippen LogP contribution in [0.2, 0.25) is 0 Å². The third kappa shape index (κ3) is 5.02. The number of piperazine rings is 1. The third-order valence-electron chi connectivity index (χ3n) is 5.14. The fourth-order valence-electron chi connectivity index (χ4n) is 3.60. The molecule has 166 valence electrons. The van der Waals surface area contributed by atoms with Crippen LogP contribution < -0.4 is 0 Å². The summed E-state index contributed by atoms with van der Waals surface area (Å²) in [6.07, 6.45) is -11.3. The fourth-order valence-corrected chi connectivity index (χ4v) is 3.60. The van der Waals surface area contributed by atoms with Crippen molar-refractivity contribution in [2.45, 2.75) is 18.5 Å². The maximum absolute atomic E-state index is 13.3. The highest BCUT2D eigenvalue weighted by atomic mass is 19.4. The van der Waals surface area contributed by atoms with E-state index in [9.17, 15) is 31.4 Å². The van der Waals surface area contributed by atoms with Gasteiger partial charge in [-0.25, -0.2) is 4.98 Å². The number of halogens is 6. The maximum atomic E-state index is 13.3. The molecule has 3 rings (SSSR count). The molecule has 30 heavy (non-hydrogen) atoms. The van der Waals surface area contributed by atoms with Crippen molar-refractivity contribution in [3.05, 3.63) is 41.1 Å². The Hall–Kier alpha value is -1.95. The van der Waals surface area contributed by atoms with Crippen molar-refractivity contribution in [1.82, 2.24) is 14.8 Å². The molecule has 0 radical (unpaired) electrons. The minimum Gasteiger partial charge on any atom is -0.395 e. The Labute approximate surface area is 168 Å². The molecule has 11 heteroatoms. The Bertz CT molecular complexity index is 879. The first-order valence-electron chi connectivity index (χ1n) is 9.32. The number of alkyl halides is 6. The van der Waals surface area contributed by atoms with Crippen LogP contribution in [0.25, 0.3) is 10.9 Å². The van der Waals surface area contributed by atoms with Gasteiger partial charge in [0.25, 0.3) is 0 Å². The van der Waals surface area contributed by atoms with Crippen LogP contribution in [0.1, 0.15) is 22.9 Å². The first-order chi connectivity index (χ1) is 14.0. The molecule has 1 aromatic carbocycles. The van der Waals surface area contributed by atoms with Crippen molar-refractivity contribution >= 4 is 10.9 Å². The number of aromatic nitrogens is 1. The van der Waals surface area contributed by atoms with Crippen LogP contribution in [0.3, 0.4) is 0 Å². The predicted octanol–water partition coefficient (Wildman–Crippen LogP) is 2.92. The molecule has 0 saturated carbocycles.